The number of hydrogen-bond acceptors (Lipinski definition) is 3. The van der Waals surface area contributed by atoms with Gasteiger partial charge in [0.15, 0.2) is 0 Å². The maximum Gasteiger partial charge on any atom is 0.309 e. The zero-order chi connectivity index (χ0) is 11.8. The molecule has 1 aliphatic heterocycles. The lowest BCUT2D eigenvalue weighted by atomic mass is 9.88. The van der Waals surface area contributed by atoms with Crippen molar-refractivity contribution >= 4 is 12.0 Å². The lowest BCUT2D eigenvalue weighted by Gasteiger charge is -2.16. The van der Waals surface area contributed by atoms with Crippen molar-refractivity contribution in [2.24, 2.45) is 5.92 Å². The van der Waals surface area contributed by atoms with Gasteiger partial charge in [0.1, 0.15) is 0 Å². The quantitative estimate of drug-likeness (QED) is 0.762. The van der Waals surface area contributed by atoms with E-state index in [1.165, 1.54) is 0 Å². The molecule has 1 aromatic heterocycles. The van der Waals surface area contributed by atoms with Gasteiger partial charge in [-0.05, 0) is 17.7 Å². The van der Waals surface area contributed by atoms with Crippen LogP contribution in [0.4, 0.5) is 0 Å². The zero-order valence-corrected chi connectivity index (χ0v) is 9.13. The Labute approximate surface area is 98.7 Å². The monoisotopic (exact) mass is 228 g/mol. The number of nitrogens with zero attached hydrogens (tertiary/aromatic N) is 1. The molecule has 2 heterocycles. The molecular weight excluding hydrogens is 216 g/mol. The zero-order valence-electron chi connectivity index (χ0n) is 9.13. The second kappa shape index (κ2) is 3.73. The number of aliphatic carboxylic acids is 1. The van der Waals surface area contributed by atoms with Gasteiger partial charge in [0, 0.05) is 18.4 Å². The van der Waals surface area contributed by atoms with Crippen LogP contribution in [-0.4, -0.2) is 22.6 Å². The Morgan fingerprint density at radius 3 is 3.24 bits per heavy atom. The number of hydrogen-bond donors (Lipinski definition) is 2. The molecule has 0 spiro atoms. The molecule has 0 aromatic carbocycles. The van der Waals surface area contributed by atoms with Crippen LogP contribution < -0.4 is 5.32 Å². The standard InChI is InChI=1S/C13H12N2O2/c16-13(17)9-7-15-10-5-1-3-8-4-2-6-14-12(8)11(9)10/h1-6,9,11,15H,7H2,(H,16,17). The Bertz CT molecular complexity index is 534. The first-order chi connectivity index (χ1) is 8.27. The van der Waals surface area contributed by atoms with Gasteiger partial charge in [-0.1, -0.05) is 18.2 Å². The second-order valence-electron chi connectivity index (χ2n) is 4.26. The average Bonchev–Trinajstić information content (AvgIpc) is 2.66. The molecule has 2 N–H and O–H groups in total. The van der Waals surface area contributed by atoms with Crippen molar-refractivity contribution in [2.75, 3.05) is 6.54 Å². The molecule has 2 atom stereocenters. The van der Waals surface area contributed by atoms with Gasteiger partial charge >= 0.3 is 5.97 Å². The Morgan fingerprint density at radius 2 is 2.41 bits per heavy atom. The molecule has 2 unspecified atom stereocenters. The summed E-state index contributed by atoms with van der Waals surface area (Å²) >= 11 is 0. The van der Waals surface area contributed by atoms with Crippen LogP contribution in [0.5, 0.6) is 0 Å². The summed E-state index contributed by atoms with van der Waals surface area (Å²) in [6.07, 6.45) is 7.56. The summed E-state index contributed by atoms with van der Waals surface area (Å²) in [6, 6.07) is 3.83. The number of rotatable bonds is 1. The van der Waals surface area contributed by atoms with E-state index < -0.39 is 11.9 Å². The fourth-order valence-corrected chi connectivity index (χ4v) is 2.49. The van der Waals surface area contributed by atoms with Crippen molar-refractivity contribution in [3.8, 4) is 0 Å². The molecule has 4 heteroatoms. The van der Waals surface area contributed by atoms with Gasteiger partial charge in [0.25, 0.3) is 0 Å². The summed E-state index contributed by atoms with van der Waals surface area (Å²) < 4.78 is 0. The van der Waals surface area contributed by atoms with Crippen LogP contribution in [0, 0.1) is 5.92 Å². The summed E-state index contributed by atoms with van der Waals surface area (Å²) in [5.74, 6) is -1.36. The molecule has 0 bridgehead atoms. The first-order valence-electron chi connectivity index (χ1n) is 5.57. The molecule has 0 saturated carbocycles. The van der Waals surface area contributed by atoms with Gasteiger partial charge in [-0.15, -0.1) is 0 Å². The van der Waals surface area contributed by atoms with Crippen LogP contribution in [0.3, 0.4) is 0 Å². The highest BCUT2D eigenvalue weighted by atomic mass is 16.4. The third-order valence-corrected chi connectivity index (χ3v) is 3.30. The summed E-state index contributed by atoms with van der Waals surface area (Å²) in [6.45, 7) is 0.468. The Kier molecular flexibility index (Phi) is 2.21. The SMILES string of the molecule is O=C(O)C1CNC2=CC=Cc3cccnc3C21. The third-order valence-electron chi connectivity index (χ3n) is 3.30. The molecule has 3 rings (SSSR count). The number of carboxylic acid groups (broad SMARTS) is 1. The Balaban J connectivity index is 2.14. The number of nitrogens with one attached hydrogen (secondary N) is 1. The lowest BCUT2D eigenvalue weighted by Crippen LogP contribution is -2.21. The van der Waals surface area contributed by atoms with E-state index in [4.69, 9.17) is 0 Å². The Morgan fingerprint density at radius 1 is 1.53 bits per heavy atom. The molecule has 17 heavy (non-hydrogen) atoms. The van der Waals surface area contributed by atoms with Gasteiger partial charge in [-0.25, -0.2) is 0 Å². The first kappa shape index (κ1) is 10.1. The number of fused-ring (bicyclic) bond motifs is 3. The number of pyridine rings is 1. The van der Waals surface area contributed by atoms with E-state index in [0.717, 1.165) is 17.0 Å². The van der Waals surface area contributed by atoms with Crippen molar-refractivity contribution in [1.82, 2.24) is 10.3 Å². The van der Waals surface area contributed by atoms with Gasteiger partial charge in [0.2, 0.25) is 0 Å². The minimum absolute atomic E-state index is 0.154. The summed E-state index contributed by atoms with van der Waals surface area (Å²) in [5.41, 5.74) is 2.80. The van der Waals surface area contributed by atoms with E-state index in [-0.39, 0.29) is 5.92 Å². The molecule has 0 amide bonds. The minimum atomic E-state index is -0.774. The van der Waals surface area contributed by atoms with Gasteiger partial charge in [-0.2, -0.15) is 0 Å². The smallest absolute Gasteiger partial charge is 0.309 e. The maximum atomic E-state index is 11.3. The number of carbonyl (C=O) groups is 1. The first-order valence-corrected chi connectivity index (χ1v) is 5.57. The van der Waals surface area contributed by atoms with Crippen LogP contribution in [0.15, 0.2) is 36.2 Å². The van der Waals surface area contributed by atoms with Gasteiger partial charge in [-0.3, -0.25) is 9.78 Å². The molecular formula is C13H12N2O2. The highest BCUT2D eigenvalue weighted by molar-refractivity contribution is 5.74. The number of allylic oxidation sites excluding steroid dienone is 3. The van der Waals surface area contributed by atoms with Crippen molar-refractivity contribution in [3.05, 3.63) is 47.4 Å². The maximum absolute atomic E-state index is 11.3. The fourth-order valence-electron chi connectivity index (χ4n) is 2.49. The predicted octanol–water partition coefficient (Wildman–Crippen LogP) is 1.38. The van der Waals surface area contributed by atoms with Crippen LogP contribution in [0.2, 0.25) is 0 Å². The van der Waals surface area contributed by atoms with E-state index in [0.29, 0.717) is 6.54 Å². The van der Waals surface area contributed by atoms with E-state index in [9.17, 15) is 9.90 Å². The highest BCUT2D eigenvalue weighted by Crippen LogP contribution is 2.37. The van der Waals surface area contributed by atoms with Crippen molar-refractivity contribution in [3.63, 3.8) is 0 Å². The van der Waals surface area contributed by atoms with Crippen molar-refractivity contribution in [2.45, 2.75) is 5.92 Å². The average molecular weight is 228 g/mol. The summed E-state index contributed by atoms with van der Waals surface area (Å²) in [5, 5.41) is 12.4. The van der Waals surface area contributed by atoms with Crippen LogP contribution in [0.1, 0.15) is 17.2 Å². The van der Waals surface area contributed by atoms with E-state index in [2.05, 4.69) is 10.3 Å². The Hall–Kier alpha value is -2.10. The fraction of sp³-hybridized carbons (Fsp3) is 0.231. The highest BCUT2D eigenvalue weighted by Gasteiger charge is 2.39. The molecule has 2 aliphatic rings. The molecule has 1 aliphatic carbocycles. The van der Waals surface area contributed by atoms with E-state index in [1.807, 2.05) is 30.4 Å². The summed E-state index contributed by atoms with van der Waals surface area (Å²) in [7, 11) is 0. The largest absolute Gasteiger partial charge is 0.481 e. The lowest BCUT2D eigenvalue weighted by molar-refractivity contribution is -0.141. The molecule has 0 radical (unpaired) electrons. The van der Waals surface area contributed by atoms with Crippen molar-refractivity contribution < 1.29 is 9.90 Å². The third kappa shape index (κ3) is 1.53. The summed E-state index contributed by atoms with van der Waals surface area (Å²) in [4.78, 5) is 15.6. The predicted molar refractivity (Wildman–Crippen MR) is 63.2 cm³/mol. The molecule has 86 valence electrons. The second-order valence-corrected chi connectivity index (χ2v) is 4.26. The molecule has 1 saturated heterocycles. The minimum Gasteiger partial charge on any atom is -0.481 e. The topological polar surface area (TPSA) is 62.2 Å². The van der Waals surface area contributed by atoms with Crippen molar-refractivity contribution in [1.29, 1.82) is 0 Å². The molecule has 1 aromatic rings. The van der Waals surface area contributed by atoms with E-state index >= 15 is 0 Å². The van der Waals surface area contributed by atoms with Crippen LogP contribution in [-0.2, 0) is 4.79 Å². The normalized spacial score (nSPS) is 25.3. The van der Waals surface area contributed by atoms with Crippen LogP contribution >= 0.6 is 0 Å². The molecule has 4 nitrogen and oxygen atoms in total. The number of carboxylic acids is 1. The van der Waals surface area contributed by atoms with Crippen LogP contribution in [0.25, 0.3) is 6.08 Å². The van der Waals surface area contributed by atoms with Gasteiger partial charge in [0.05, 0.1) is 17.5 Å². The molecule has 1 fully saturated rings. The van der Waals surface area contributed by atoms with E-state index in [1.54, 1.807) is 6.20 Å². The van der Waals surface area contributed by atoms with Gasteiger partial charge < -0.3 is 10.4 Å². The number of aromatic nitrogens is 1.